The Morgan fingerprint density at radius 1 is 1.69 bits per heavy atom. The Morgan fingerprint density at radius 3 is 3.08 bits per heavy atom. The summed E-state index contributed by atoms with van der Waals surface area (Å²) in [6.45, 7) is 2.07. The Kier molecular flexibility index (Phi) is 3.85. The van der Waals surface area contributed by atoms with Crippen molar-refractivity contribution in [3.05, 3.63) is 23.7 Å². The number of amides is 1. The fourth-order valence-electron chi connectivity index (χ4n) is 0.851. The molecule has 0 spiro atoms. The molecule has 1 aromatic heterocycles. The number of hydrazine groups is 1. The van der Waals surface area contributed by atoms with E-state index in [1.807, 2.05) is 5.43 Å². The second-order valence-electron chi connectivity index (χ2n) is 2.38. The predicted octanol–water partition coefficient (Wildman–Crippen LogP) is 1.14. The summed E-state index contributed by atoms with van der Waals surface area (Å²) >= 11 is 1.74. The first-order valence-corrected chi connectivity index (χ1v) is 5.10. The van der Waals surface area contributed by atoms with Crippen molar-refractivity contribution < 1.29 is 9.21 Å². The molecule has 0 aliphatic carbocycles. The van der Waals surface area contributed by atoms with Gasteiger partial charge in [0.15, 0.2) is 5.76 Å². The minimum absolute atomic E-state index is 0.259. The monoisotopic (exact) mass is 200 g/mol. The van der Waals surface area contributed by atoms with Gasteiger partial charge in [0, 0.05) is 0 Å². The molecule has 0 bridgehead atoms. The minimum Gasteiger partial charge on any atom is -0.455 e. The number of hydrogen-bond acceptors (Lipinski definition) is 4. The van der Waals surface area contributed by atoms with E-state index in [0.29, 0.717) is 0 Å². The largest absolute Gasteiger partial charge is 0.455 e. The second kappa shape index (κ2) is 4.94. The third kappa shape index (κ3) is 2.78. The molecule has 0 aromatic carbocycles. The molecule has 4 nitrogen and oxygen atoms in total. The van der Waals surface area contributed by atoms with Gasteiger partial charge in [-0.25, -0.2) is 5.84 Å². The summed E-state index contributed by atoms with van der Waals surface area (Å²) in [7, 11) is 0. The topological polar surface area (TPSA) is 68.3 Å². The van der Waals surface area contributed by atoms with Crippen LogP contribution in [0.4, 0.5) is 0 Å². The van der Waals surface area contributed by atoms with Crippen LogP contribution < -0.4 is 11.3 Å². The molecule has 1 heterocycles. The van der Waals surface area contributed by atoms with Crippen molar-refractivity contribution in [1.29, 1.82) is 0 Å². The number of nitrogens with two attached hydrogens (primary N) is 1. The van der Waals surface area contributed by atoms with Gasteiger partial charge in [-0.3, -0.25) is 10.2 Å². The van der Waals surface area contributed by atoms with E-state index < -0.39 is 5.91 Å². The van der Waals surface area contributed by atoms with Gasteiger partial charge in [0.05, 0.1) is 5.75 Å². The highest BCUT2D eigenvalue weighted by molar-refractivity contribution is 7.98. The molecule has 72 valence electrons. The lowest BCUT2D eigenvalue weighted by atomic mass is 10.4. The average molecular weight is 200 g/mol. The highest BCUT2D eigenvalue weighted by Gasteiger charge is 2.08. The van der Waals surface area contributed by atoms with Gasteiger partial charge in [-0.05, 0) is 17.9 Å². The summed E-state index contributed by atoms with van der Waals surface area (Å²) in [4.78, 5) is 11.0. The number of nitrogen functional groups attached to an aromatic ring is 1. The SMILES string of the molecule is CCSCc1ccc(C(=O)NN)o1. The highest BCUT2D eigenvalue weighted by Crippen LogP contribution is 2.14. The Bertz CT molecular complexity index is 285. The summed E-state index contributed by atoms with van der Waals surface area (Å²) in [5.41, 5.74) is 2.01. The second-order valence-corrected chi connectivity index (χ2v) is 3.65. The first-order chi connectivity index (χ1) is 6.27. The maximum Gasteiger partial charge on any atom is 0.300 e. The molecule has 5 heteroatoms. The van der Waals surface area contributed by atoms with E-state index in [2.05, 4.69) is 6.92 Å². The molecular weight excluding hydrogens is 188 g/mol. The van der Waals surface area contributed by atoms with E-state index in [1.54, 1.807) is 23.9 Å². The Morgan fingerprint density at radius 2 is 2.46 bits per heavy atom. The molecule has 0 atom stereocenters. The van der Waals surface area contributed by atoms with E-state index in [4.69, 9.17) is 10.3 Å². The molecule has 1 amide bonds. The lowest BCUT2D eigenvalue weighted by Gasteiger charge is -1.94. The minimum atomic E-state index is -0.396. The highest BCUT2D eigenvalue weighted by atomic mass is 32.2. The van der Waals surface area contributed by atoms with Gasteiger partial charge in [-0.15, -0.1) is 0 Å². The van der Waals surface area contributed by atoms with Crippen LogP contribution in [0.2, 0.25) is 0 Å². The summed E-state index contributed by atoms with van der Waals surface area (Å²) < 4.78 is 5.23. The summed E-state index contributed by atoms with van der Waals surface area (Å²) in [5, 5.41) is 0. The standard InChI is InChI=1S/C8H12N2O2S/c1-2-13-5-6-3-4-7(12-6)8(11)10-9/h3-4H,2,5,9H2,1H3,(H,10,11). The van der Waals surface area contributed by atoms with Crippen LogP contribution in [0, 0.1) is 0 Å². The summed E-state index contributed by atoms with van der Waals surface area (Å²) in [5.74, 6) is 7.42. The fraction of sp³-hybridized carbons (Fsp3) is 0.375. The number of rotatable bonds is 4. The molecule has 0 unspecified atom stereocenters. The molecule has 0 saturated carbocycles. The lowest BCUT2D eigenvalue weighted by molar-refractivity contribution is 0.0924. The average Bonchev–Trinajstić information content (AvgIpc) is 2.62. The van der Waals surface area contributed by atoms with E-state index in [0.717, 1.165) is 17.3 Å². The molecule has 3 N–H and O–H groups in total. The van der Waals surface area contributed by atoms with Gasteiger partial charge >= 0.3 is 5.91 Å². The number of carbonyl (C=O) groups is 1. The lowest BCUT2D eigenvalue weighted by Crippen LogP contribution is -2.29. The van der Waals surface area contributed by atoms with Crippen LogP contribution in [0.3, 0.4) is 0 Å². The number of thioether (sulfide) groups is 1. The van der Waals surface area contributed by atoms with Crippen LogP contribution in [0.1, 0.15) is 23.2 Å². The predicted molar refractivity (Wildman–Crippen MR) is 52.2 cm³/mol. The quantitative estimate of drug-likeness (QED) is 0.434. The first kappa shape index (κ1) is 10.1. The van der Waals surface area contributed by atoms with E-state index >= 15 is 0 Å². The zero-order valence-corrected chi connectivity index (χ0v) is 8.19. The number of nitrogens with one attached hydrogen (secondary N) is 1. The third-order valence-electron chi connectivity index (χ3n) is 1.46. The van der Waals surface area contributed by atoms with Crippen molar-refractivity contribution >= 4 is 17.7 Å². The maximum absolute atomic E-state index is 11.0. The molecular formula is C8H12N2O2S. The smallest absolute Gasteiger partial charge is 0.300 e. The zero-order chi connectivity index (χ0) is 9.68. The number of hydrogen-bond donors (Lipinski definition) is 2. The zero-order valence-electron chi connectivity index (χ0n) is 7.37. The molecule has 0 saturated heterocycles. The van der Waals surface area contributed by atoms with E-state index in [-0.39, 0.29) is 5.76 Å². The Hall–Kier alpha value is -0.940. The summed E-state index contributed by atoms with van der Waals surface area (Å²) in [6, 6.07) is 3.40. The summed E-state index contributed by atoms with van der Waals surface area (Å²) in [6.07, 6.45) is 0. The van der Waals surface area contributed by atoms with Crippen LogP contribution >= 0.6 is 11.8 Å². The van der Waals surface area contributed by atoms with Crippen molar-refractivity contribution in [1.82, 2.24) is 5.43 Å². The molecule has 0 aliphatic rings. The van der Waals surface area contributed by atoms with Crippen molar-refractivity contribution in [3.63, 3.8) is 0 Å². The van der Waals surface area contributed by atoms with E-state index in [9.17, 15) is 4.79 Å². The number of carbonyl (C=O) groups excluding carboxylic acids is 1. The van der Waals surface area contributed by atoms with E-state index in [1.165, 1.54) is 0 Å². The van der Waals surface area contributed by atoms with Gasteiger partial charge in [0.1, 0.15) is 5.76 Å². The normalized spacial score (nSPS) is 10.0. The van der Waals surface area contributed by atoms with Gasteiger partial charge in [0.25, 0.3) is 0 Å². The molecule has 1 aromatic rings. The Balaban J connectivity index is 2.58. The molecule has 1 rings (SSSR count). The van der Waals surface area contributed by atoms with Crippen molar-refractivity contribution in [3.8, 4) is 0 Å². The molecule has 0 fully saturated rings. The van der Waals surface area contributed by atoms with Gasteiger partial charge < -0.3 is 4.42 Å². The van der Waals surface area contributed by atoms with Crippen molar-refractivity contribution in [2.75, 3.05) is 5.75 Å². The van der Waals surface area contributed by atoms with Crippen molar-refractivity contribution in [2.24, 2.45) is 5.84 Å². The van der Waals surface area contributed by atoms with Gasteiger partial charge in [-0.2, -0.15) is 11.8 Å². The third-order valence-corrected chi connectivity index (χ3v) is 2.36. The van der Waals surface area contributed by atoms with Gasteiger partial charge in [-0.1, -0.05) is 6.92 Å². The Labute approximate surface area is 80.8 Å². The maximum atomic E-state index is 11.0. The van der Waals surface area contributed by atoms with Crippen LogP contribution in [-0.4, -0.2) is 11.7 Å². The number of furan rings is 1. The van der Waals surface area contributed by atoms with Crippen LogP contribution in [0.5, 0.6) is 0 Å². The fourth-order valence-corrected chi connectivity index (χ4v) is 1.41. The van der Waals surface area contributed by atoms with Crippen LogP contribution in [0.15, 0.2) is 16.5 Å². The van der Waals surface area contributed by atoms with Crippen LogP contribution in [0.25, 0.3) is 0 Å². The molecule has 13 heavy (non-hydrogen) atoms. The van der Waals surface area contributed by atoms with Gasteiger partial charge in [0.2, 0.25) is 0 Å². The molecule has 0 radical (unpaired) electrons. The van der Waals surface area contributed by atoms with Crippen LogP contribution in [-0.2, 0) is 5.75 Å². The molecule has 0 aliphatic heterocycles. The first-order valence-electron chi connectivity index (χ1n) is 3.95. The van der Waals surface area contributed by atoms with Crippen molar-refractivity contribution in [2.45, 2.75) is 12.7 Å².